The Hall–Kier alpha value is -1.44. The van der Waals surface area contributed by atoms with Crippen molar-refractivity contribution < 1.29 is 22.7 Å². The SMILES string of the molecule is COc1c(N(C)CCC(F)(F)F)sc(C(=O)C2CC2)c1N. The summed E-state index contributed by atoms with van der Waals surface area (Å²) in [7, 11) is 2.93. The van der Waals surface area contributed by atoms with Gasteiger partial charge in [-0.3, -0.25) is 4.79 Å². The van der Waals surface area contributed by atoms with Gasteiger partial charge in [0.05, 0.1) is 24.1 Å². The normalized spacial score (nSPS) is 15.1. The highest BCUT2D eigenvalue weighted by atomic mass is 32.1. The van der Waals surface area contributed by atoms with Crippen molar-refractivity contribution in [2.45, 2.75) is 25.4 Å². The van der Waals surface area contributed by atoms with Crippen molar-refractivity contribution >= 4 is 27.8 Å². The molecule has 0 radical (unpaired) electrons. The molecule has 21 heavy (non-hydrogen) atoms. The number of carbonyl (C=O) groups is 1. The Bertz CT molecular complexity index is 538. The molecule has 1 heterocycles. The number of ketones is 1. The summed E-state index contributed by atoms with van der Waals surface area (Å²) in [5, 5.41) is 0.461. The van der Waals surface area contributed by atoms with Crippen LogP contribution in [0.1, 0.15) is 28.9 Å². The quantitative estimate of drug-likeness (QED) is 0.816. The number of nitrogens with two attached hydrogens (primary N) is 1. The number of halogens is 3. The minimum Gasteiger partial charge on any atom is -0.492 e. The largest absolute Gasteiger partial charge is 0.492 e. The number of ether oxygens (including phenoxy) is 1. The van der Waals surface area contributed by atoms with E-state index in [2.05, 4.69) is 0 Å². The number of nitrogen functional groups attached to an aromatic ring is 1. The standard InChI is InChI=1S/C13H17F3N2O2S/c1-18(6-5-13(14,15)16)12-10(20-2)8(17)11(21-12)9(19)7-3-4-7/h7H,3-6,17H2,1-2H3. The van der Waals surface area contributed by atoms with E-state index in [0.29, 0.717) is 9.88 Å². The molecule has 4 nitrogen and oxygen atoms in total. The molecule has 1 aliphatic carbocycles. The lowest BCUT2D eigenvalue weighted by Gasteiger charge is -2.19. The molecule has 0 aliphatic heterocycles. The minimum absolute atomic E-state index is 0.00369. The van der Waals surface area contributed by atoms with Gasteiger partial charge in [0.15, 0.2) is 11.5 Å². The molecular weight excluding hydrogens is 305 g/mol. The van der Waals surface area contributed by atoms with Gasteiger partial charge in [0.25, 0.3) is 0 Å². The predicted octanol–water partition coefficient (Wildman–Crippen LogP) is 3.32. The maximum Gasteiger partial charge on any atom is 0.390 e. The van der Waals surface area contributed by atoms with E-state index in [9.17, 15) is 18.0 Å². The molecule has 1 aromatic rings. The van der Waals surface area contributed by atoms with Crippen molar-refractivity contribution in [1.82, 2.24) is 0 Å². The van der Waals surface area contributed by atoms with Crippen molar-refractivity contribution in [3.63, 3.8) is 0 Å². The van der Waals surface area contributed by atoms with Crippen LogP contribution in [0.4, 0.5) is 23.9 Å². The molecule has 2 N–H and O–H groups in total. The third-order valence-electron chi connectivity index (χ3n) is 3.34. The number of hydrogen-bond donors (Lipinski definition) is 1. The van der Waals surface area contributed by atoms with Crippen molar-refractivity contribution in [3.8, 4) is 5.75 Å². The van der Waals surface area contributed by atoms with Crippen molar-refractivity contribution in [2.75, 3.05) is 31.3 Å². The molecule has 2 rings (SSSR count). The molecule has 8 heteroatoms. The van der Waals surface area contributed by atoms with Gasteiger partial charge in [0.1, 0.15) is 5.00 Å². The van der Waals surface area contributed by atoms with Crippen molar-refractivity contribution in [3.05, 3.63) is 4.88 Å². The number of alkyl halides is 3. The number of nitrogens with zero attached hydrogens (tertiary/aromatic N) is 1. The summed E-state index contributed by atoms with van der Waals surface area (Å²) in [5.74, 6) is 0.254. The summed E-state index contributed by atoms with van der Waals surface area (Å²) in [4.78, 5) is 13.9. The Morgan fingerprint density at radius 1 is 1.48 bits per heavy atom. The fraction of sp³-hybridized carbons (Fsp3) is 0.615. The van der Waals surface area contributed by atoms with E-state index in [1.807, 2.05) is 0 Å². The molecule has 0 saturated heterocycles. The van der Waals surface area contributed by atoms with E-state index in [4.69, 9.17) is 10.5 Å². The zero-order valence-corrected chi connectivity index (χ0v) is 12.6. The van der Waals surface area contributed by atoms with Crippen molar-refractivity contribution in [2.24, 2.45) is 5.92 Å². The Morgan fingerprint density at radius 3 is 2.57 bits per heavy atom. The van der Waals surface area contributed by atoms with Gasteiger partial charge >= 0.3 is 6.18 Å². The van der Waals surface area contributed by atoms with Crippen LogP contribution in [-0.2, 0) is 0 Å². The molecule has 0 spiro atoms. The summed E-state index contributed by atoms with van der Waals surface area (Å²) < 4.78 is 42.1. The van der Waals surface area contributed by atoms with Crippen LogP contribution >= 0.6 is 11.3 Å². The highest BCUT2D eigenvalue weighted by molar-refractivity contribution is 7.19. The molecule has 1 saturated carbocycles. The van der Waals surface area contributed by atoms with Gasteiger partial charge in [0.2, 0.25) is 0 Å². The van der Waals surface area contributed by atoms with Gasteiger partial charge in [-0.2, -0.15) is 13.2 Å². The maximum atomic E-state index is 12.3. The number of thiophene rings is 1. The summed E-state index contributed by atoms with van der Waals surface area (Å²) in [6.45, 7) is -0.211. The third kappa shape index (κ3) is 3.61. The van der Waals surface area contributed by atoms with Gasteiger partial charge < -0.3 is 15.4 Å². The number of anilines is 2. The molecular formula is C13H17F3N2O2S. The first-order chi connectivity index (χ1) is 9.74. The van der Waals surface area contributed by atoms with Crippen LogP contribution in [0.3, 0.4) is 0 Å². The Labute approximate surface area is 124 Å². The van der Waals surface area contributed by atoms with Gasteiger partial charge in [-0.15, -0.1) is 11.3 Å². The van der Waals surface area contributed by atoms with E-state index in [1.165, 1.54) is 19.1 Å². The van der Waals surface area contributed by atoms with Crippen LogP contribution in [0.2, 0.25) is 0 Å². The van der Waals surface area contributed by atoms with Gasteiger partial charge in [-0.05, 0) is 12.8 Å². The number of hydrogen-bond acceptors (Lipinski definition) is 5. The van der Waals surface area contributed by atoms with Gasteiger partial charge in [0, 0.05) is 19.5 Å². The first-order valence-corrected chi connectivity index (χ1v) is 7.34. The molecule has 1 aliphatic rings. The zero-order valence-electron chi connectivity index (χ0n) is 11.8. The zero-order chi connectivity index (χ0) is 15.8. The van der Waals surface area contributed by atoms with E-state index in [0.717, 1.165) is 24.2 Å². The first kappa shape index (κ1) is 15.9. The Morgan fingerprint density at radius 2 is 2.10 bits per heavy atom. The summed E-state index contributed by atoms with van der Waals surface area (Å²) in [5.41, 5.74) is 6.15. The maximum absolute atomic E-state index is 12.3. The second-order valence-corrected chi connectivity index (χ2v) is 6.11. The average molecular weight is 322 g/mol. The highest BCUT2D eigenvalue weighted by Crippen LogP contribution is 2.47. The van der Waals surface area contributed by atoms with Crippen LogP contribution in [0, 0.1) is 5.92 Å². The second-order valence-electron chi connectivity index (χ2n) is 5.11. The van der Waals surface area contributed by atoms with Crippen LogP contribution in [0.25, 0.3) is 0 Å². The van der Waals surface area contributed by atoms with Crippen LogP contribution in [0.5, 0.6) is 5.75 Å². The molecule has 1 aromatic heterocycles. The molecule has 118 valence electrons. The van der Waals surface area contributed by atoms with Crippen molar-refractivity contribution in [1.29, 1.82) is 0 Å². The van der Waals surface area contributed by atoms with Crippen LogP contribution in [0.15, 0.2) is 0 Å². The monoisotopic (exact) mass is 322 g/mol. The third-order valence-corrected chi connectivity index (χ3v) is 4.65. The summed E-state index contributed by atoms with van der Waals surface area (Å²) >= 11 is 1.10. The molecule has 0 aromatic carbocycles. The lowest BCUT2D eigenvalue weighted by Crippen LogP contribution is -2.23. The fourth-order valence-corrected chi connectivity index (χ4v) is 3.17. The van der Waals surface area contributed by atoms with E-state index >= 15 is 0 Å². The van der Waals surface area contributed by atoms with Gasteiger partial charge in [-0.1, -0.05) is 0 Å². The van der Waals surface area contributed by atoms with Crippen LogP contribution < -0.4 is 15.4 Å². The Balaban J connectivity index is 2.21. The molecule has 0 atom stereocenters. The number of methoxy groups -OCH3 is 1. The number of carbonyl (C=O) groups excluding carboxylic acids is 1. The van der Waals surface area contributed by atoms with E-state index < -0.39 is 12.6 Å². The average Bonchev–Trinajstić information content (AvgIpc) is 3.18. The number of Topliss-reactive ketones (excluding diaryl/α,β-unsaturated/α-hetero) is 1. The lowest BCUT2D eigenvalue weighted by molar-refractivity contribution is -0.132. The van der Waals surface area contributed by atoms with E-state index in [-0.39, 0.29) is 29.7 Å². The summed E-state index contributed by atoms with van der Waals surface area (Å²) in [6.07, 6.45) is -3.47. The number of rotatable bonds is 6. The molecule has 0 unspecified atom stereocenters. The fourth-order valence-electron chi connectivity index (χ4n) is 1.97. The van der Waals surface area contributed by atoms with Gasteiger partial charge in [-0.25, -0.2) is 0 Å². The summed E-state index contributed by atoms with van der Waals surface area (Å²) in [6, 6.07) is 0. The molecule has 0 amide bonds. The molecule has 0 bridgehead atoms. The lowest BCUT2D eigenvalue weighted by atomic mass is 10.2. The minimum atomic E-state index is -4.23. The predicted molar refractivity (Wildman–Crippen MR) is 76.3 cm³/mol. The second kappa shape index (κ2) is 5.75. The topological polar surface area (TPSA) is 55.6 Å². The smallest absolute Gasteiger partial charge is 0.390 e. The highest BCUT2D eigenvalue weighted by Gasteiger charge is 2.35. The van der Waals surface area contributed by atoms with Crippen LogP contribution in [-0.4, -0.2) is 32.7 Å². The van der Waals surface area contributed by atoms with E-state index in [1.54, 1.807) is 0 Å². The first-order valence-electron chi connectivity index (χ1n) is 6.53. The Kier molecular flexibility index (Phi) is 4.36. The molecule has 1 fully saturated rings.